The molecule has 0 amide bonds. The third kappa shape index (κ3) is 2.53. The van der Waals surface area contributed by atoms with Crippen molar-refractivity contribution < 1.29 is 8.42 Å². The molecule has 0 aliphatic rings. The monoisotopic (exact) mass is 402 g/mol. The van der Waals surface area contributed by atoms with Gasteiger partial charge >= 0.3 is 0 Å². The Kier molecular flexibility index (Phi) is 3.56. The molecule has 17 heavy (non-hydrogen) atoms. The number of rotatable bonds is 4. The highest BCUT2D eigenvalue weighted by atomic mass is 79.9. The molecular weight excluding hydrogens is 400 g/mol. The van der Waals surface area contributed by atoms with Gasteiger partial charge in [0.2, 0.25) is 16.9 Å². The third-order valence-electron chi connectivity index (χ3n) is 1.57. The van der Waals surface area contributed by atoms with E-state index in [0.29, 0.717) is 5.16 Å². The number of sulfone groups is 1. The summed E-state index contributed by atoms with van der Waals surface area (Å²) in [6.07, 6.45) is 2.39. The molecule has 0 unspecified atom stereocenters. The van der Waals surface area contributed by atoms with Gasteiger partial charge in [-0.1, -0.05) is 0 Å². The second-order valence-corrected chi connectivity index (χ2v) is 11.7. The fourth-order valence-electron chi connectivity index (χ4n) is 0.847. The molecule has 12 heteroatoms. The number of aromatic nitrogens is 6. The van der Waals surface area contributed by atoms with Gasteiger partial charge in [-0.3, -0.25) is 5.10 Å². The van der Waals surface area contributed by atoms with Gasteiger partial charge in [0.25, 0.3) is 0 Å². The predicted octanol–water partition coefficient (Wildman–Crippen LogP) is 0.890. The topological polar surface area (TPSA) is 117 Å². The average molecular weight is 404 g/mol. The minimum atomic E-state index is -3.79. The van der Waals surface area contributed by atoms with E-state index in [1.165, 1.54) is 6.33 Å². The van der Waals surface area contributed by atoms with Crippen molar-refractivity contribution in [2.75, 3.05) is 0 Å². The summed E-state index contributed by atoms with van der Waals surface area (Å²) < 4.78 is 22.8. The Morgan fingerprint density at radius 2 is 1.82 bits per heavy atom. The molecule has 0 radical (unpaired) electrons. The standard InChI is InChI=1S/C5H4Br2N6O2S2/c6-5(7,16-3-8-1-10-12-3)17(14,15)4-9-2-11-13-4/h1-2H,(H,8,10,12)(H,9,11,13). The maximum atomic E-state index is 12.1. The number of aromatic amines is 2. The van der Waals surface area contributed by atoms with Crippen LogP contribution in [-0.4, -0.2) is 40.7 Å². The highest BCUT2D eigenvalue weighted by molar-refractivity contribution is 9.30. The lowest BCUT2D eigenvalue weighted by atomic mass is 11.3. The summed E-state index contributed by atoms with van der Waals surface area (Å²) in [4.78, 5) is 7.43. The fourth-order valence-corrected chi connectivity index (χ4v) is 4.61. The van der Waals surface area contributed by atoms with Crippen LogP contribution in [0.25, 0.3) is 0 Å². The molecule has 0 aliphatic heterocycles. The Balaban J connectivity index is 2.32. The Labute approximate surface area is 117 Å². The molecule has 0 atom stereocenters. The van der Waals surface area contributed by atoms with Gasteiger partial charge < -0.3 is 0 Å². The molecular formula is C5H4Br2N6O2S2. The minimum absolute atomic E-state index is 0.252. The van der Waals surface area contributed by atoms with Gasteiger partial charge in [0.15, 0.2) is 5.16 Å². The summed E-state index contributed by atoms with van der Waals surface area (Å²) in [7, 11) is -3.79. The summed E-state index contributed by atoms with van der Waals surface area (Å²) in [5, 5.41) is 12.0. The number of hydrogen-bond donors (Lipinski definition) is 2. The maximum absolute atomic E-state index is 12.1. The van der Waals surface area contributed by atoms with Gasteiger partial charge in [-0.2, -0.15) is 10.2 Å². The molecule has 0 spiro atoms. The van der Waals surface area contributed by atoms with E-state index in [1.807, 2.05) is 0 Å². The van der Waals surface area contributed by atoms with Crippen LogP contribution in [0.15, 0.2) is 23.0 Å². The van der Waals surface area contributed by atoms with Crippen LogP contribution in [0, 0.1) is 0 Å². The Morgan fingerprint density at radius 3 is 2.35 bits per heavy atom. The van der Waals surface area contributed by atoms with Gasteiger partial charge in [0.1, 0.15) is 12.7 Å². The molecule has 0 bridgehead atoms. The molecule has 0 aliphatic carbocycles. The first-order valence-corrected chi connectivity index (χ1v) is 7.84. The number of nitrogens with zero attached hydrogens (tertiary/aromatic N) is 4. The molecule has 2 heterocycles. The summed E-state index contributed by atoms with van der Waals surface area (Å²) in [5.41, 5.74) is 0. The van der Waals surface area contributed by atoms with Crippen molar-refractivity contribution in [1.82, 2.24) is 30.4 Å². The van der Waals surface area contributed by atoms with Crippen LogP contribution in [0.1, 0.15) is 0 Å². The van der Waals surface area contributed by atoms with E-state index in [2.05, 4.69) is 62.2 Å². The van der Waals surface area contributed by atoms with Crippen LogP contribution < -0.4 is 0 Å². The molecule has 2 aromatic heterocycles. The Bertz CT molecular complexity index is 580. The van der Waals surface area contributed by atoms with E-state index in [1.54, 1.807) is 0 Å². The van der Waals surface area contributed by atoms with Crippen molar-refractivity contribution in [1.29, 1.82) is 0 Å². The van der Waals surface area contributed by atoms with Crippen molar-refractivity contribution in [3.05, 3.63) is 12.7 Å². The molecule has 0 fully saturated rings. The van der Waals surface area contributed by atoms with E-state index in [9.17, 15) is 8.42 Å². The zero-order chi connectivity index (χ0) is 12.5. The normalized spacial score (nSPS) is 12.8. The van der Waals surface area contributed by atoms with E-state index in [0.717, 1.165) is 18.1 Å². The van der Waals surface area contributed by atoms with Crippen LogP contribution in [0.2, 0.25) is 0 Å². The van der Waals surface area contributed by atoms with Crippen LogP contribution >= 0.6 is 43.6 Å². The Hall–Kier alpha value is -0.460. The highest BCUT2D eigenvalue weighted by Gasteiger charge is 2.44. The van der Waals surface area contributed by atoms with Crippen molar-refractivity contribution in [2.24, 2.45) is 0 Å². The van der Waals surface area contributed by atoms with Crippen LogP contribution in [-0.2, 0) is 9.84 Å². The van der Waals surface area contributed by atoms with Crippen LogP contribution in [0.5, 0.6) is 0 Å². The van der Waals surface area contributed by atoms with Crippen LogP contribution in [0.3, 0.4) is 0 Å². The summed E-state index contributed by atoms with van der Waals surface area (Å²) in [6, 6.07) is 0. The first-order valence-electron chi connectivity index (χ1n) is 3.96. The first-order chi connectivity index (χ1) is 7.93. The molecule has 2 rings (SSSR count). The van der Waals surface area contributed by atoms with E-state index >= 15 is 0 Å². The maximum Gasteiger partial charge on any atom is 0.248 e. The molecule has 0 saturated carbocycles. The van der Waals surface area contributed by atoms with Gasteiger partial charge in [0, 0.05) is 0 Å². The molecule has 0 aromatic carbocycles. The smallest absolute Gasteiger partial charge is 0.248 e. The lowest BCUT2D eigenvalue weighted by Gasteiger charge is -2.16. The van der Waals surface area contributed by atoms with E-state index in [4.69, 9.17) is 0 Å². The quantitative estimate of drug-likeness (QED) is 0.574. The lowest BCUT2D eigenvalue weighted by Crippen LogP contribution is -2.23. The zero-order valence-electron chi connectivity index (χ0n) is 7.83. The SMILES string of the molecule is O=S(=O)(c1ncn[nH]1)C(Br)(Br)Sc1ncn[nH]1. The van der Waals surface area contributed by atoms with Crippen molar-refractivity contribution in [3.63, 3.8) is 0 Å². The zero-order valence-corrected chi connectivity index (χ0v) is 12.6. The van der Waals surface area contributed by atoms with Crippen LogP contribution in [0.4, 0.5) is 0 Å². The van der Waals surface area contributed by atoms with E-state index < -0.39 is 11.7 Å². The second-order valence-electron chi connectivity index (χ2n) is 2.65. The summed E-state index contributed by atoms with van der Waals surface area (Å²) >= 11 is 7.01. The number of H-pyrrole nitrogens is 2. The predicted molar refractivity (Wildman–Crippen MR) is 66.4 cm³/mol. The lowest BCUT2D eigenvalue weighted by molar-refractivity contribution is 0.590. The van der Waals surface area contributed by atoms with Gasteiger partial charge in [-0.05, 0) is 43.6 Å². The molecule has 0 saturated heterocycles. The second kappa shape index (κ2) is 4.66. The number of nitrogens with one attached hydrogen (secondary N) is 2. The third-order valence-corrected chi connectivity index (χ3v) is 7.96. The number of alkyl halides is 2. The van der Waals surface area contributed by atoms with Crippen molar-refractivity contribution in [3.8, 4) is 0 Å². The molecule has 8 nitrogen and oxygen atoms in total. The Morgan fingerprint density at radius 1 is 1.18 bits per heavy atom. The van der Waals surface area contributed by atoms with Gasteiger partial charge in [-0.15, -0.1) is 0 Å². The summed E-state index contributed by atoms with van der Waals surface area (Å²) in [5.74, 6) is 0. The fraction of sp³-hybridized carbons (Fsp3) is 0.200. The molecule has 2 N–H and O–H groups in total. The minimum Gasteiger partial charge on any atom is -0.254 e. The average Bonchev–Trinajstić information content (AvgIpc) is 2.87. The van der Waals surface area contributed by atoms with Crippen molar-refractivity contribution in [2.45, 2.75) is 12.2 Å². The van der Waals surface area contributed by atoms with Crippen molar-refractivity contribution >= 4 is 53.5 Å². The molecule has 92 valence electrons. The molecule has 2 aromatic rings. The van der Waals surface area contributed by atoms with Gasteiger partial charge in [0.05, 0.1) is 0 Å². The largest absolute Gasteiger partial charge is 0.254 e. The first kappa shape index (κ1) is 13.0. The number of hydrogen-bond acceptors (Lipinski definition) is 7. The highest BCUT2D eigenvalue weighted by Crippen LogP contribution is 2.48. The van der Waals surface area contributed by atoms with Gasteiger partial charge in [-0.25, -0.2) is 23.5 Å². The number of halogens is 2. The summed E-state index contributed by atoms with van der Waals surface area (Å²) in [6.45, 7) is 0. The number of thioether (sulfide) groups is 1. The van der Waals surface area contributed by atoms with E-state index in [-0.39, 0.29) is 5.16 Å².